The lowest BCUT2D eigenvalue weighted by Crippen LogP contribution is -2.51. The summed E-state index contributed by atoms with van der Waals surface area (Å²) in [6.07, 6.45) is 9.03. The maximum Gasteiger partial charge on any atom is 0.180 e. The summed E-state index contributed by atoms with van der Waals surface area (Å²) in [5, 5.41) is 19.6. The second-order valence-electron chi connectivity index (χ2n) is 6.95. The molecule has 0 aromatic carbocycles. The van der Waals surface area contributed by atoms with Crippen molar-refractivity contribution in [2.75, 3.05) is 27.4 Å². The molecule has 5 aliphatic rings. The molecule has 5 aliphatic carbocycles. The summed E-state index contributed by atoms with van der Waals surface area (Å²) in [6, 6.07) is 0. The van der Waals surface area contributed by atoms with Gasteiger partial charge in [-0.05, 0) is 35.5 Å². The Hall–Kier alpha value is -0.680. The van der Waals surface area contributed by atoms with Crippen LogP contribution in [0.25, 0.3) is 0 Å². The Balaban J connectivity index is 1.79. The van der Waals surface area contributed by atoms with Gasteiger partial charge in [-0.2, -0.15) is 0 Å². The van der Waals surface area contributed by atoms with Crippen LogP contribution in [0.1, 0.15) is 0 Å². The van der Waals surface area contributed by atoms with Crippen molar-refractivity contribution in [2.45, 2.75) is 5.79 Å². The fourth-order valence-electron chi connectivity index (χ4n) is 6.08. The minimum atomic E-state index is -0.553. The highest BCUT2D eigenvalue weighted by molar-refractivity contribution is 5.31. The molecule has 2 saturated carbocycles. The molecular weight excluding hydrogens is 268 g/mol. The van der Waals surface area contributed by atoms with Crippen LogP contribution in [0.4, 0.5) is 0 Å². The van der Waals surface area contributed by atoms with Gasteiger partial charge in [0.15, 0.2) is 5.79 Å². The van der Waals surface area contributed by atoms with Crippen LogP contribution >= 0.6 is 0 Å². The molecule has 4 bridgehead atoms. The molecule has 2 N–H and O–H groups in total. The molecule has 0 radical (unpaired) electrons. The van der Waals surface area contributed by atoms with E-state index < -0.39 is 5.79 Å². The summed E-state index contributed by atoms with van der Waals surface area (Å²) in [5.74, 6) is 1.78. The minimum Gasteiger partial charge on any atom is -0.396 e. The average Bonchev–Trinajstić information content (AvgIpc) is 3.06. The third kappa shape index (κ3) is 1.45. The summed E-state index contributed by atoms with van der Waals surface area (Å²) in [4.78, 5) is 0. The Bertz CT molecular complexity index is 443. The van der Waals surface area contributed by atoms with E-state index in [1.165, 1.54) is 0 Å². The number of hydrogen-bond donors (Lipinski definition) is 2. The Morgan fingerprint density at radius 2 is 1.24 bits per heavy atom. The minimum absolute atomic E-state index is 0.147. The number of hydrogen-bond acceptors (Lipinski definition) is 4. The van der Waals surface area contributed by atoms with Crippen LogP contribution in [0.3, 0.4) is 0 Å². The number of methoxy groups -OCH3 is 2. The summed E-state index contributed by atoms with van der Waals surface area (Å²) in [7, 11) is 3.46. The molecule has 2 fully saturated rings. The summed E-state index contributed by atoms with van der Waals surface area (Å²) in [6.45, 7) is 0.294. The molecule has 0 aliphatic heterocycles. The molecule has 4 heteroatoms. The Morgan fingerprint density at radius 3 is 1.57 bits per heavy atom. The molecule has 8 atom stereocenters. The molecule has 116 valence electrons. The van der Waals surface area contributed by atoms with E-state index in [0.29, 0.717) is 23.7 Å². The van der Waals surface area contributed by atoms with Gasteiger partial charge in [0.05, 0.1) is 0 Å². The number of aliphatic hydroxyl groups excluding tert-OH is 2. The summed E-state index contributed by atoms with van der Waals surface area (Å²) in [5.41, 5.74) is 0. The fourth-order valence-corrected chi connectivity index (χ4v) is 6.08. The van der Waals surface area contributed by atoms with Crippen molar-refractivity contribution in [3.8, 4) is 0 Å². The van der Waals surface area contributed by atoms with Crippen molar-refractivity contribution >= 4 is 0 Å². The van der Waals surface area contributed by atoms with E-state index in [9.17, 15) is 10.2 Å². The molecule has 0 spiro atoms. The maximum absolute atomic E-state index is 9.82. The molecule has 5 rings (SSSR count). The molecule has 0 aromatic heterocycles. The first-order valence-corrected chi connectivity index (χ1v) is 7.92. The lowest BCUT2D eigenvalue weighted by Gasteiger charge is -2.53. The molecule has 0 saturated heterocycles. The molecule has 0 heterocycles. The van der Waals surface area contributed by atoms with E-state index >= 15 is 0 Å². The van der Waals surface area contributed by atoms with E-state index in [-0.39, 0.29) is 36.9 Å². The van der Waals surface area contributed by atoms with Gasteiger partial charge < -0.3 is 19.7 Å². The van der Waals surface area contributed by atoms with Crippen molar-refractivity contribution in [3.63, 3.8) is 0 Å². The van der Waals surface area contributed by atoms with Gasteiger partial charge in [-0.1, -0.05) is 24.3 Å². The van der Waals surface area contributed by atoms with Crippen molar-refractivity contribution in [2.24, 2.45) is 47.3 Å². The third-order valence-electron chi connectivity index (χ3n) is 6.77. The van der Waals surface area contributed by atoms with Crippen LogP contribution in [-0.2, 0) is 9.47 Å². The SMILES string of the molecule is COC1(OC)[C@@H]2C=C[C@H]1C1C2[C@@H]2C=C[C@H]1C(CO)C2CO. The van der Waals surface area contributed by atoms with Gasteiger partial charge in [0.25, 0.3) is 0 Å². The molecule has 0 aromatic rings. The highest BCUT2D eigenvalue weighted by Gasteiger charge is 2.69. The Kier molecular flexibility index (Phi) is 3.09. The number of fused-ring (bicyclic) bond motifs is 3. The quantitative estimate of drug-likeness (QED) is 0.601. The lowest BCUT2D eigenvalue weighted by molar-refractivity contribution is -0.234. The van der Waals surface area contributed by atoms with E-state index in [0.717, 1.165) is 0 Å². The number of allylic oxidation sites excluding steroid dienone is 2. The summed E-state index contributed by atoms with van der Waals surface area (Å²) < 4.78 is 11.7. The molecular formula is C17H24O4. The van der Waals surface area contributed by atoms with Crippen LogP contribution in [0.15, 0.2) is 24.3 Å². The first-order chi connectivity index (χ1) is 10.2. The number of ether oxygens (including phenoxy) is 2. The fraction of sp³-hybridized carbons (Fsp3) is 0.765. The largest absolute Gasteiger partial charge is 0.396 e. The van der Waals surface area contributed by atoms with Crippen molar-refractivity contribution < 1.29 is 19.7 Å². The van der Waals surface area contributed by atoms with Gasteiger partial charge >= 0.3 is 0 Å². The van der Waals surface area contributed by atoms with Crippen LogP contribution in [0, 0.1) is 47.3 Å². The second-order valence-corrected chi connectivity index (χ2v) is 6.95. The van der Waals surface area contributed by atoms with Gasteiger partial charge in [-0.3, -0.25) is 0 Å². The molecule has 4 unspecified atom stereocenters. The highest BCUT2D eigenvalue weighted by Crippen LogP contribution is 2.67. The van der Waals surface area contributed by atoms with Crippen LogP contribution in [0.5, 0.6) is 0 Å². The topological polar surface area (TPSA) is 58.9 Å². The Morgan fingerprint density at radius 1 is 0.810 bits per heavy atom. The molecule has 4 nitrogen and oxygen atoms in total. The van der Waals surface area contributed by atoms with Gasteiger partial charge in [0.1, 0.15) is 0 Å². The summed E-state index contributed by atoms with van der Waals surface area (Å²) >= 11 is 0. The van der Waals surface area contributed by atoms with E-state index in [1.54, 1.807) is 14.2 Å². The number of aliphatic hydroxyl groups is 2. The Labute approximate surface area is 125 Å². The zero-order valence-corrected chi connectivity index (χ0v) is 12.6. The van der Waals surface area contributed by atoms with Crippen molar-refractivity contribution in [1.29, 1.82) is 0 Å². The average molecular weight is 292 g/mol. The van der Waals surface area contributed by atoms with Crippen molar-refractivity contribution in [3.05, 3.63) is 24.3 Å². The molecule has 0 amide bonds. The van der Waals surface area contributed by atoms with Gasteiger partial charge in [-0.15, -0.1) is 0 Å². The normalized spacial score (nSPS) is 51.6. The maximum atomic E-state index is 9.82. The third-order valence-corrected chi connectivity index (χ3v) is 6.77. The number of rotatable bonds is 4. The van der Waals surface area contributed by atoms with Crippen molar-refractivity contribution in [1.82, 2.24) is 0 Å². The van der Waals surface area contributed by atoms with Gasteiger partial charge in [0, 0.05) is 39.3 Å². The van der Waals surface area contributed by atoms with E-state index in [2.05, 4.69) is 24.3 Å². The van der Waals surface area contributed by atoms with Crippen LogP contribution < -0.4 is 0 Å². The predicted octanol–water partition coefficient (Wildman–Crippen LogP) is 1.06. The van der Waals surface area contributed by atoms with E-state index in [1.807, 2.05) is 0 Å². The standard InChI is InChI=1S/C17H24O4/c1-20-17(21-2)13-5-6-14(17)16-10-4-3-9(15(13)16)11(7-18)12(10)8-19/h3-6,9-16,18-19H,7-8H2,1-2H3/t9-,10+,11?,12?,13-,14+,15?,16?. The highest BCUT2D eigenvalue weighted by atomic mass is 16.7. The lowest BCUT2D eigenvalue weighted by atomic mass is 9.51. The smallest absolute Gasteiger partial charge is 0.180 e. The van der Waals surface area contributed by atoms with Crippen LogP contribution in [-0.4, -0.2) is 43.4 Å². The van der Waals surface area contributed by atoms with Gasteiger partial charge in [-0.25, -0.2) is 0 Å². The van der Waals surface area contributed by atoms with E-state index in [4.69, 9.17) is 9.47 Å². The zero-order chi connectivity index (χ0) is 14.8. The second kappa shape index (κ2) is 4.66. The monoisotopic (exact) mass is 292 g/mol. The first-order valence-electron chi connectivity index (χ1n) is 7.92. The molecule has 21 heavy (non-hydrogen) atoms. The zero-order valence-electron chi connectivity index (χ0n) is 12.6. The van der Waals surface area contributed by atoms with Gasteiger partial charge in [0.2, 0.25) is 0 Å². The first kappa shape index (κ1) is 13.9. The predicted molar refractivity (Wildman–Crippen MR) is 77.1 cm³/mol. The van der Waals surface area contributed by atoms with Crippen LogP contribution in [0.2, 0.25) is 0 Å².